The van der Waals surface area contributed by atoms with Crippen LogP contribution < -0.4 is 5.32 Å². The average molecular weight is 383 g/mol. The highest BCUT2D eigenvalue weighted by Gasteiger charge is 2.28. The molecule has 2 aromatic rings. The quantitative estimate of drug-likeness (QED) is 0.560. The minimum Gasteiger partial charge on any atom is -0.352 e. The smallest absolute Gasteiger partial charge is 0.273 e. The van der Waals surface area contributed by atoms with Gasteiger partial charge in [-0.1, -0.05) is 48.5 Å². The lowest BCUT2D eigenvalue weighted by Gasteiger charge is -2.29. The molecule has 0 radical (unpaired) electrons. The molecule has 1 atom stereocenters. The first kappa shape index (κ1) is 21.1. The van der Waals surface area contributed by atoms with E-state index in [0.29, 0.717) is 5.56 Å². The maximum Gasteiger partial charge on any atom is 0.273 e. The van der Waals surface area contributed by atoms with Crippen LogP contribution in [0.4, 0.5) is 5.69 Å². The molecule has 0 aromatic heterocycles. The van der Waals surface area contributed by atoms with Gasteiger partial charge in [0.15, 0.2) is 0 Å². The summed E-state index contributed by atoms with van der Waals surface area (Å²) in [6, 6.07) is 14.7. The summed E-state index contributed by atoms with van der Waals surface area (Å²) in [5.41, 5.74) is 1.10. The molecule has 1 N–H and O–H groups in total. The van der Waals surface area contributed by atoms with E-state index in [0.717, 1.165) is 5.56 Å². The number of nitrogens with one attached hydrogen (secondary N) is 1. The minimum atomic E-state index is -0.710. The second-order valence-corrected chi connectivity index (χ2v) is 6.91. The molecule has 0 aliphatic rings. The van der Waals surface area contributed by atoms with Crippen molar-refractivity contribution in [2.24, 2.45) is 0 Å². The summed E-state index contributed by atoms with van der Waals surface area (Å²) in [6.07, 6.45) is -0.150. The first-order valence-corrected chi connectivity index (χ1v) is 9.15. The fourth-order valence-corrected chi connectivity index (χ4v) is 2.87. The van der Waals surface area contributed by atoms with Crippen molar-refractivity contribution in [3.05, 3.63) is 75.8 Å². The van der Waals surface area contributed by atoms with E-state index in [1.54, 1.807) is 25.1 Å². The zero-order chi connectivity index (χ0) is 20.7. The van der Waals surface area contributed by atoms with E-state index in [9.17, 15) is 19.7 Å². The van der Waals surface area contributed by atoms with Crippen molar-refractivity contribution in [3.63, 3.8) is 0 Å². The third kappa shape index (κ3) is 5.64. The van der Waals surface area contributed by atoms with Crippen LogP contribution in [0.3, 0.4) is 0 Å². The Morgan fingerprint density at radius 3 is 2.25 bits per heavy atom. The average Bonchev–Trinajstić information content (AvgIpc) is 2.66. The van der Waals surface area contributed by atoms with E-state index in [1.165, 1.54) is 11.0 Å². The second kappa shape index (κ2) is 9.64. The van der Waals surface area contributed by atoms with Crippen molar-refractivity contribution >= 4 is 17.5 Å². The van der Waals surface area contributed by atoms with E-state index in [-0.39, 0.29) is 36.5 Å². The molecule has 148 valence electrons. The maximum absolute atomic E-state index is 13.0. The van der Waals surface area contributed by atoms with Gasteiger partial charge in [0.25, 0.3) is 5.69 Å². The number of para-hydroxylation sites is 1. The lowest BCUT2D eigenvalue weighted by Crippen LogP contribution is -2.49. The van der Waals surface area contributed by atoms with E-state index < -0.39 is 11.0 Å². The van der Waals surface area contributed by atoms with Crippen LogP contribution in [0, 0.1) is 10.1 Å². The summed E-state index contributed by atoms with van der Waals surface area (Å²) < 4.78 is 0. The van der Waals surface area contributed by atoms with Crippen molar-refractivity contribution in [3.8, 4) is 0 Å². The molecule has 0 aliphatic heterocycles. The van der Waals surface area contributed by atoms with Crippen molar-refractivity contribution in [1.29, 1.82) is 0 Å². The van der Waals surface area contributed by atoms with Crippen molar-refractivity contribution in [2.75, 3.05) is 0 Å². The molecule has 0 spiro atoms. The zero-order valence-corrected chi connectivity index (χ0v) is 16.3. The number of carbonyl (C=O) groups is 2. The van der Waals surface area contributed by atoms with Gasteiger partial charge in [-0.15, -0.1) is 0 Å². The van der Waals surface area contributed by atoms with Crippen molar-refractivity contribution in [1.82, 2.24) is 10.2 Å². The molecule has 28 heavy (non-hydrogen) atoms. The summed E-state index contributed by atoms with van der Waals surface area (Å²) in [6.45, 7) is 5.60. The molecule has 0 bridgehead atoms. The standard InChI is InChI=1S/C21H25N3O4/c1-15(2)22-21(26)16(3)23(14-17-9-5-4-6-10-17)20(25)13-18-11-7-8-12-19(18)24(27)28/h4-12,15-16H,13-14H2,1-3H3,(H,22,26)/t16-/m0/s1. The van der Waals surface area contributed by atoms with Gasteiger partial charge in [0.2, 0.25) is 11.8 Å². The van der Waals surface area contributed by atoms with Gasteiger partial charge < -0.3 is 10.2 Å². The highest BCUT2D eigenvalue weighted by molar-refractivity contribution is 5.88. The minimum absolute atomic E-state index is 0.0566. The Kier molecular flexibility index (Phi) is 7.26. The first-order valence-electron chi connectivity index (χ1n) is 9.15. The number of nitro groups is 1. The number of amides is 2. The lowest BCUT2D eigenvalue weighted by atomic mass is 10.1. The Hall–Kier alpha value is -3.22. The molecule has 0 saturated carbocycles. The highest BCUT2D eigenvalue weighted by atomic mass is 16.6. The molecule has 0 fully saturated rings. The maximum atomic E-state index is 13.0. The molecule has 2 aromatic carbocycles. The number of nitro benzene ring substituents is 1. The van der Waals surface area contributed by atoms with Crippen molar-refractivity contribution in [2.45, 2.75) is 45.8 Å². The zero-order valence-electron chi connectivity index (χ0n) is 16.3. The Balaban J connectivity index is 2.28. The molecule has 0 aliphatic carbocycles. The molecule has 0 unspecified atom stereocenters. The van der Waals surface area contributed by atoms with Crippen LogP contribution >= 0.6 is 0 Å². The van der Waals surface area contributed by atoms with Gasteiger partial charge in [-0.2, -0.15) is 0 Å². The van der Waals surface area contributed by atoms with Gasteiger partial charge in [0.1, 0.15) is 6.04 Å². The Morgan fingerprint density at radius 1 is 1.04 bits per heavy atom. The Bertz CT molecular complexity index is 837. The van der Waals surface area contributed by atoms with Gasteiger partial charge in [0.05, 0.1) is 11.3 Å². The normalized spacial score (nSPS) is 11.7. The van der Waals surface area contributed by atoms with Crippen molar-refractivity contribution < 1.29 is 14.5 Å². The molecule has 2 rings (SSSR count). The van der Waals surface area contributed by atoms with E-state index in [1.807, 2.05) is 44.2 Å². The Morgan fingerprint density at radius 2 is 1.64 bits per heavy atom. The van der Waals surface area contributed by atoms with Crippen LogP contribution in [0.1, 0.15) is 31.9 Å². The number of benzene rings is 2. The number of hydrogen-bond donors (Lipinski definition) is 1. The number of nitrogens with zero attached hydrogens (tertiary/aromatic N) is 2. The van der Waals surface area contributed by atoms with Crippen LogP contribution in [0.5, 0.6) is 0 Å². The van der Waals surface area contributed by atoms with Gasteiger partial charge in [-0.05, 0) is 26.3 Å². The molecular formula is C21H25N3O4. The van der Waals surface area contributed by atoms with Crippen LogP contribution in [0.2, 0.25) is 0 Å². The molecule has 0 saturated heterocycles. The van der Waals surface area contributed by atoms with Gasteiger partial charge in [-0.3, -0.25) is 19.7 Å². The third-order valence-corrected chi connectivity index (χ3v) is 4.32. The largest absolute Gasteiger partial charge is 0.352 e. The van der Waals surface area contributed by atoms with Crippen LogP contribution in [0.15, 0.2) is 54.6 Å². The van der Waals surface area contributed by atoms with Crippen LogP contribution in [-0.2, 0) is 22.6 Å². The monoisotopic (exact) mass is 383 g/mol. The summed E-state index contributed by atoms with van der Waals surface area (Å²) in [7, 11) is 0. The number of hydrogen-bond acceptors (Lipinski definition) is 4. The second-order valence-electron chi connectivity index (χ2n) is 6.91. The third-order valence-electron chi connectivity index (χ3n) is 4.32. The summed E-state index contributed by atoms with van der Waals surface area (Å²) >= 11 is 0. The fourth-order valence-electron chi connectivity index (χ4n) is 2.87. The first-order chi connectivity index (χ1) is 13.3. The number of rotatable bonds is 8. The van der Waals surface area contributed by atoms with Crippen LogP contribution in [0.25, 0.3) is 0 Å². The van der Waals surface area contributed by atoms with E-state index in [2.05, 4.69) is 5.32 Å². The molecular weight excluding hydrogens is 358 g/mol. The molecule has 2 amide bonds. The molecule has 7 nitrogen and oxygen atoms in total. The number of carbonyl (C=O) groups excluding carboxylic acids is 2. The van der Waals surface area contributed by atoms with Gasteiger partial charge in [-0.25, -0.2) is 0 Å². The summed E-state index contributed by atoms with van der Waals surface area (Å²) in [4.78, 5) is 37.8. The molecule has 7 heteroatoms. The van der Waals surface area contributed by atoms with Gasteiger partial charge >= 0.3 is 0 Å². The van der Waals surface area contributed by atoms with E-state index >= 15 is 0 Å². The summed E-state index contributed by atoms with van der Waals surface area (Å²) in [5.74, 6) is -0.605. The van der Waals surface area contributed by atoms with E-state index in [4.69, 9.17) is 0 Å². The lowest BCUT2D eigenvalue weighted by molar-refractivity contribution is -0.385. The predicted molar refractivity (Wildman–Crippen MR) is 107 cm³/mol. The van der Waals surface area contributed by atoms with Gasteiger partial charge in [0, 0.05) is 24.2 Å². The highest BCUT2D eigenvalue weighted by Crippen LogP contribution is 2.20. The predicted octanol–water partition coefficient (Wildman–Crippen LogP) is 3.08. The Labute approximate surface area is 164 Å². The molecule has 0 heterocycles. The topological polar surface area (TPSA) is 92.6 Å². The SMILES string of the molecule is CC(C)NC(=O)[C@H](C)N(Cc1ccccc1)C(=O)Cc1ccccc1[N+](=O)[O-]. The summed E-state index contributed by atoms with van der Waals surface area (Å²) in [5, 5.41) is 14.1. The fraction of sp³-hybridized carbons (Fsp3) is 0.333. The van der Waals surface area contributed by atoms with Crippen LogP contribution in [-0.4, -0.2) is 33.7 Å².